The van der Waals surface area contributed by atoms with E-state index in [9.17, 15) is 5.11 Å². The van der Waals surface area contributed by atoms with Gasteiger partial charge in [0.2, 0.25) is 0 Å². The van der Waals surface area contributed by atoms with Gasteiger partial charge in [0.1, 0.15) is 0 Å². The molecule has 3 unspecified atom stereocenters. The smallest absolute Gasteiger partial charge is 0.171 e. The first-order valence-corrected chi connectivity index (χ1v) is 7.23. The summed E-state index contributed by atoms with van der Waals surface area (Å²) in [6.07, 6.45) is 3.96. The third-order valence-corrected chi connectivity index (χ3v) is 3.95. The molecule has 0 aromatic rings. The summed E-state index contributed by atoms with van der Waals surface area (Å²) in [6.45, 7) is 6.41. The van der Waals surface area contributed by atoms with Crippen LogP contribution in [0.1, 0.15) is 46.0 Å². The van der Waals surface area contributed by atoms with Crippen molar-refractivity contribution >= 4 is 0 Å². The minimum Gasteiger partial charge on any atom is -0.390 e. The predicted octanol–water partition coefficient (Wildman–Crippen LogP) is 2.10. The third kappa shape index (κ3) is 3.44. The van der Waals surface area contributed by atoms with E-state index in [2.05, 4.69) is 13.8 Å². The summed E-state index contributed by atoms with van der Waals surface area (Å²) in [4.78, 5) is 0. The maximum atomic E-state index is 10.0. The van der Waals surface area contributed by atoms with Crippen molar-refractivity contribution in [3.05, 3.63) is 0 Å². The Morgan fingerprint density at radius 1 is 1.39 bits per heavy atom. The van der Waals surface area contributed by atoms with Crippen molar-refractivity contribution in [1.29, 1.82) is 0 Å². The van der Waals surface area contributed by atoms with Crippen LogP contribution in [0.4, 0.5) is 0 Å². The Balaban J connectivity index is 1.82. The van der Waals surface area contributed by atoms with E-state index in [4.69, 9.17) is 14.2 Å². The van der Waals surface area contributed by atoms with Gasteiger partial charge in [-0.2, -0.15) is 0 Å². The molecule has 1 aliphatic carbocycles. The average molecular weight is 258 g/mol. The van der Waals surface area contributed by atoms with Gasteiger partial charge in [0.05, 0.1) is 25.4 Å². The molecule has 2 rings (SSSR count). The SMILES string of the molecule is CCCC(C)COC1CC2(CCC1O)OCCO2. The van der Waals surface area contributed by atoms with E-state index >= 15 is 0 Å². The maximum absolute atomic E-state index is 10.0. The van der Waals surface area contributed by atoms with E-state index in [1.54, 1.807) is 0 Å². The molecular formula is C14H26O4. The average Bonchev–Trinajstić information content (AvgIpc) is 2.80. The first kappa shape index (κ1) is 14.3. The van der Waals surface area contributed by atoms with Crippen molar-refractivity contribution in [2.75, 3.05) is 19.8 Å². The van der Waals surface area contributed by atoms with Gasteiger partial charge in [-0.3, -0.25) is 0 Å². The predicted molar refractivity (Wildman–Crippen MR) is 68.3 cm³/mol. The van der Waals surface area contributed by atoms with Gasteiger partial charge < -0.3 is 19.3 Å². The van der Waals surface area contributed by atoms with Crippen molar-refractivity contribution in [2.45, 2.75) is 63.9 Å². The number of hydrogen-bond acceptors (Lipinski definition) is 4. The molecule has 106 valence electrons. The molecule has 0 bridgehead atoms. The molecule has 1 N–H and O–H groups in total. The zero-order valence-corrected chi connectivity index (χ0v) is 11.6. The second kappa shape index (κ2) is 6.33. The first-order valence-electron chi connectivity index (χ1n) is 7.23. The normalized spacial score (nSPS) is 32.8. The van der Waals surface area contributed by atoms with Crippen molar-refractivity contribution < 1.29 is 19.3 Å². The van der Waals surface area contributed by atoms with E-state index in [1.165, 1.54) is 12.8 Å². The molecule has 1 spiro atoms. The Kier molecular flexibility index (Phi) is 5.01. The van der Waals surface area contributed by atoms with Gasteiger partial charge in [-0.15, -0.1) is 0 Å². The fourth-order valence-corrected chi connectivity index (χ4v) is 2.89. The van der Waals surface area contributed by atoms with Crippen LogP contribution in [0.2, 0.25) is 0 Å². The Bertz CT molecular complexity index is 250. The number of hydrogen-bond donors (Lipinski definition) is 1. The van der Waals surface area contributed by atoms with Gasteiger partial charge in [-0.05, 0) is 18.8 Å². The molecule has 0 aromatic heterocycles. The zero-order valence-electron chi connectivity index (χ0n) is 11.6. The van der Waals surface area contributed by atoms with Crippen LogP contribution in [0.5, 0.6) is 0 Å². The topological polar surface area (TPSA) is 47.9 Å². The summed E-state index contributed by atoms with van der Waals surface area (Å²) >= 11 is 0. The molecule has 0 aromatic carbocycles. The summed E-state index contributed by atoms with van der Waals surface area (Å²) in [6, 6.07) is 0. The second-order valence-electron chi connectivity index (χ2n) is 5.68. The molecule has 3 atom stereocenters. The van der Waals surface area contributed by atoms with Crippen LogP contribution < -0.4 is 0 Å². The Morgan fingerprint density at radius 3 is 2.78 bits per heavy atom. The molecule has 1 aliphatic heterocycles. The molecule has 0 amide bonds. The van der Waals surface area contributed by atoms with Crippen molar-refractivity contribution in [1.82, 2.24) is 0 Å². The molecule has 2 fully saturated rings. The van der Waals surface area contributed by atoms with Crippen LogP contribution in [0.15, 0.2) is 0 Å². The highest BCUT2D eigenvalue weighted by atomic mass is 16.7. The van der Waals surface area contributed by atoms with Crippen LogP contribution in [-0.4, -0.2) is 42.9 Å². The second-order valence-corrected chi connectivity index (χ2v) is 5.68. The summed E-state index contributed by atoms with van der Waals surface area (Å²) in [5.41, 5.74) is 0. The highest BCUT2D eigenvalue weighted by Gasteiger charge is 2.45. The van der Waals surface area contributed by atoms with E-state index in [0.29, 0.717) is 38.6 Å². The van der Waals surface area contributed by atoms with Crippen molar-refractivity contribution in [3.8, 4) is 0 Å². The molecule has 2 aliphatic rings. The molecule has 18 heavy (non-hydrogen) atoms. The number of ether oxygens (including phenoxy) is 3. The van der Waals surface area contributed by atoms with Crippen LogP contribution in [0.3, 0.4) is 0 Å². The summed E-state index contributed by atoms with van der Waals surface area (Å²) < 4.78 is 17.3. The highest BCUT2D eigenvalue weighted by molar-refractivity contribution is 4.88. The Labute approximate surface area is 110 Å². The van der Waals surface area contributed by atoms with Gasteiger partial charge in [-0.25, -0.2) is 0 Å². The Hall–Kier alpha value is -0.160. The largest absolute Gasteiger partial charge is 0.390 e. The van der Waals surface area contributed by atoms with E-state index in [-0.39, 0.29) is 12.2 Å². The lowest BCUT2D eigenvalue weighted by Crippen LogP contribution is -2.46. The molecular weight excluding hydrogens is 232 g/mol. The van der Waals surface area contributed by atoms with Crippen molar-refractivity contribution in [2.24, 2.45) is 5.92 Å². The molecule has 1 saturated carbocycles. The van der Waals surface area contributed by atoms with E-state index < -0.39 is 5.79 Å². The molecule has 4 nitrogen and oxygen atoms in total. The minimum atomic E-state index is -0.474. The van der Waals surface area contributed by atoms with Crippen molar-refractivity contribution in [3.63, 3.8) is 0 Å². The van der Waals surface area contributed by atoms with Gasteiger partial charge in [0, 0.05) is 19.4 Å². The summed E-state index contributed by atoms with van der Waals surface area (Å²) in [7, 11) is 0. The van der Waals surface area contributed by atoms with Gasteiger partial charge in [0.25, 0.3) is 0 Å². The first-order chi connectivity index (χ1) is 8.65. The molecule has 1 heterocycles. The fourth-order valence-electron chi connectivity index (χ4n) is 2.89. The van der Waals surface area contributed by atoms with Crippen LogP contribution in [-0.2, 0) is 14.2 Å². The lowest BCUT2D eigenvalue weighted by Gasteiger charge is -2.39. The third-order valence-electron chi connectivity index (χ3n) is 3.95. The van der Waals surface area contributed by atoms with Crippen LogP contribution >= 0.6 is 0 Å². The van der Waals surface area contributed by atoms with E-state index in [0.717, 1.165) is 6.42 Å². The van der Waals surface area contributed by atoms with Gasteiger partial charge in [-0.1, -0.05) is 20.3 Å². The van der Waals surface area contributed by atoms with Crippen LogP contribution in [0.25, 0.3) is 0 Å². The van der Waals surface area contributed by atoms with Gasteiger partial charge in [0.15, 0.2) is 5.79 Å². The lowest BCUT2D eigenvalue weighted by atomic mass is 9.89. The molecule has 0 radical (unpaired) electrons. The number of aliphatic hydroxyl groups is 1. The number of aliphatic hydroxyl groups excluding tert-OH is 1. The maximum Gasteiger partial charge on any atom is 0.171 e. The van der Waals surface area contributed by atoms with E-state index in [1.807, 2.05) is 0 Å². The van der Waals surface area contributed by atoms with Gasteiger partial charge >= 0.3 is 0 Å². The number of rotatable bonds is 5. The Morgan fingerprint density at radius 2 is 2.11 bits per heavy atom. The monoisotopic (exact) mass is 258 g/mol. The van der Waals surface area contributed by atoms with Crippen LogP contribution in [0, 0.1) is 5.92 Å². The molecule has 1 saturated heterocycles. The molecule has 4 heteroatoms. The zero-order chi connectivity index (χ0) is 13.0. The fraction of sp³-hybridized carbons (Fsp3) is 1.00. The summed E-state index contributed by atoms with van der Waals surface area (Å²) in [5, 5.41) is 10.0. The highest BCUT2D eigenvalue weighted by Crippen LogP contribution is 2.37. The quantitative estimate of drug-likeness (QED) is 0.820. The standard InChI is InChI=1S/C14H26O4/c1-3-4-11(2)10-16-13-9-14(6-5-12(13)15)17-7-8-18-14/h11-13,15H,3-10H2,1-2H3. The lowest BCUT2D eigenvalue weighted by molar-refractivity contribution is -0.222. The summed E-state index contributed by atoms with van der Waals surface area (Å²) in [5.74, 6) is 0.0724. The minimum absolute atomic E-state index is 0.142.